The summed E-state index contributed by atoms with van der Waals surface area (Å²) in [5, 5.41) is 2.09. The second-order valence-corrected chi connectivity index (χ2v) is 20.0. The predicted octanol–water partition coefficient (Wildman–Crippen LogP) is 11.5. The normalized spacial score (nSPS) is 19.8. The highest BCUT2D eigenvalue weighted by atomic mass is 32.1. The smallest absolute Gasteiger partial charge is 0.406 e. The van der Waals surface area contributed by atoms with Crippen LogP contribution in [0.5, 0.6) is 5.75 Å². The fourth-order valence-corrected chi connectivity index (χ4v) is 12.0. The molecule has 0 N–H and O–H groups in total. The maximum atomic E-state index is 13.8. The van der Waals surface area contributed by atoms with Gasteiger partial charge in [0, 0.05) is 75.1 Å². The molecule has 2 amide bonds. The molecule has 4 atom stereocenters. The lowest BCUT2D eigenvalue weighted by atomic mass is 9.84. The van der Waals surface area contributed by atoms with Crippen LogP contribution >= 0.6 is 11.3 Å². The van der Waals surface area contributed by atoms with Crippen LogP contribution in [-0.4, -0.2) is 95.3 Å². The van der Waals surface area contributed by atoms with Crippen molar-refractivity contribution < 1.29 is 31.9 Å². The van der Waals surface area contributed by atoms with Gasteiger partial charge in [0.25, 0.3) is 11.8 Å². The number of carbonyl (C=O) groups excluding carboxylic acids is 2. The Labute approximate surface area is 412 Å². The van der Waals surface area contributed by atoms with E-state index in [-0.39, 0.29) is 23.4 Å². The Bertz CT molecular complexity index is 3180. The molecule has 0 spiro atoms. The van der Waals surface area contributed by atoms with Crippen LogP contribution in [0.1, 0.15) is 33.6 Å². The number of carbonyl (C=O) groups is 2. The molecular formula is C56H49F4N7O3S. The molecular weight excluding hydrogens is 927 g/mol. The number of alkyl halides is 3. The lowest BCUT2D eigenvalue weighted by Gasteiger charge is -2.46. The minimum atomic E-state index is -4.75. The number of benzene rings is 6. The van der Waals surface area contributed by atoms with Gasteiger partial charge in [-0.2, -0.15) is 0 Å². The number of para-hydroxylation sites is 2. The van der Waals surface area contributed by atoms with Crippen LogP contribution in [0, 0.1) is 29.5 Å². The number of rotatable bonds is 7. The second-order valence-electron chi connectivity index (χ2n) is 19.0. The third kappa shape index (κ3) is 10.1. The molecule has 12 rings (SSSR count). The average Bonchev–Trinajstić information content (AvgIpc) is 3.82. The number of aromatic nitrogens is 3. The van der Waals surface area contributed by atoms with Gasteiger partial charge in [0.15, 0.2) is 5.13 Å². The molecule has 10 nitrogen and oxygen atoms in total. The number of nitrogens with zero attached hydrogens (tertiary/aromatic N) is 7. The minimum Gasteiger partial charge on any atom is -0.406 e. The average molecular weight is 976 g/mol. The van der Waals surface area contributed by atoms with Crippen molar-refractivity contribution in [3.63, 3.8) is 0 Å². The number of anilines is 2. The minimum absolute atomic E-state index is 0.0398. The van der Waals surface area contributed by atoms with E-state index >= 15 is 0 Å². The maximum Gasteiger partial charge on any atom is 0.573 e. The molecule has 4 unspecified atom stereocenters. The van der Waals surface area contributed by atoms with E-state index in [1.54, 1.807) is 41.7 Å². The molecule has 0 saturated carbocycles. The zero-order valence-electron chi connectivity index (χ0n) is 38.6. The van der Waals surface area contributed by atoms with Crippen LogP contribution in [0.15, 0.2) is 152 Å². The Morgan fingerprint density at radius 2 is 1.11 bits per heavy atom. The summed E-state index contributed by atoms with van der Waals surface area (Å²) < 4.78 is 56.6. The number of hydrogen-bond acceptors (Lipinski definition) is 9. The molecule has 6 heterocycles. The summed E-state index contributed by atoms with van der Waals surface area (Å²) in [6.07, 6.45) is -0.693. The topological polar surface area (TPSA) is 95.0 Å². The number of halogens is 4. The lowest BCUT2D eigenvalue weighted by molar-refractivity contribution is -0.274. The van der Waals surface area contributed by atoms with E-state index in [1.165, 1.54) is 29.0 Å². The number of hydrogen-bond donors (Lipinski definition) is 0. The van der Waals surface area contributed by atoms with Crippen molar-refractivity contribution in [2.75, 3.05) is 62.2 Å². The highest BCUT2D eigenvalue weighted by Crippen LogP contribution is 2.38. The van der Waals surface area contributed by atoms with E-state index < -0.39 is 6.36 Å². The van der Waals surface area contributed by atoms with Crippen LogP contribution in [0.2, 0.25) is 0 Å². The number of thiazole rings is 1. The summed E-state index contributed by atoms with van der Waals surface area (Å²) in [7, 11) is 0. The molecule has 360 valence electrons. The fourth-order valence-electron chi connectivity index (χ4n) is 11.0. The van der Waals surface area contributed by atoms with Crippen molar-refractivity contribution >= 4 is 55.4 Å². The molecule has 71 heavy (non-hydrogen) atoms. The number of amides is 2. The highest BCUT2D eigenvalue weighted by molar-refractivity contribution is 7.22. The molecule has 0 radical (unpaired) electrons. The standard InChI is InChI=1S/C29H25F3N4O2.C27H24FN3OS/c30-29(31,32)38-23-11-9-21(10-12-23)24-6-2-3-7-25(24)27(37)35-15-19-13-20(16-35)18-36(17-19)28-33-14-22-5-1-4-8-26(22)34-28;28-21-7-5-6-20(13-21)22-8-1-2-9-23(22)26(32)30-14-18-12-19(15-30)17-31(16-18)27-29-24-10-3-4-11-25(24)33-27/h1-12,14,19-20H,13,15-18H2;1-11,13,18-19H,12,14-17H2. The maximum absolute atomic E-state index is 13.8. The Morgan fingerprint density at radius 3 is 1.72 bits per heavy atom. The van der Waals surface area contributed by atoms with Gasteiger partial charge in [-0.25, -0.2) is 19.3 Å². The van der Waals surface area contributed by atoms with Crippen LogP contribution < -0.4 is 14.5 Å². The number of ether oxygens (including phenoxy) is 1. The van der Waals surface area contributed by atoms with Crippen LogP contribution in [0.3, 0.4) is 0 Å². The van der Waals surface area contributed by atoms with E-state index in [2.05, 4.69) is 37.7 Å². The summed E-state index contributed by atoms with van der Waals surface area (Å²) in [5.41, 5.74) is 6.00. The van der Waals surface area contributed by atoms with Gasteiger partial charge in [-0.15, -0.1) is 13.2 Å². The third-order valence-electron chi connectivity index (χ3n) is 13.9. The first-order valence-corrected chi connectivity index (χ1v) is 24.7. The van der Waals surface area contributed by atoms with Crippen molar-refractivity contribution in [1.82, 2.24) is 24.8 Å². The van der Waals surface area contributed by atoms with E-state index in [0.717, 1.165) is 90.7 Å². The second kappa shape index (κ2) is 19.4. The summed E-state index contributed by atoms with van der Waals surface area (Å²) in [6.45, 7) is 6.15. The van der Waals surface area contributed by atoms with Crippen molar-refractivity contribution in [2.45, 2.75) is 19.2 Å². The molecule has 4 saturated heterocycles. The first-order chi connectivity index (χ1) is 34.5. The fraction of sp³-hybridized carbons (Fsp3) is 0.268. The van der Waals surface area contributed by atoms with Crippen LogP contribution in [-0.2, 0) is 0 Å². The molecule has 15 heteroatoms. The van der Waals surface area contributed by atoms with Gasteiger partial charge < -0.3 is 24.3 Å². The van der Waals surface area contributed by atoms with E-state index in [0.29, 0.717) is 59.0 Å². The van der Waals surface area contributed by atoms with E-state index in [1.807, 2.05) is 88.8 Å². The Kier molecular flexibility index (Phi) is 12.6. The molecule has 4 aliphatic heterocycles. The zero-order valence-corrected chi connectivity index (χ0v) is 39.4. The van der Waals surface area contributed by atoms with Gasteiger partial charge in [0.1, 0.15) is 11.6 Å². The predicted molar refractivity (Wildman–Crippen MR) is 269 cm³/mol. The number of piperidine rings is 4. The molecule has 4 fully saturated rings. The van der Waals surface area contributed by atoms with Crippen LogP contribution in [0.25, 0.3) is 43.4 Å². The Balaban J connectivity index is 0.000000155. The van der Waals surface area contributed by atoms with Crippen molar-refractivity contribution in [1.29, 1.82) is 0 Å². The van der Waals surface area contributed by atoms with Gasteiger partial charge in [0.05, 0.1) is 15.7 Å². The molecule has 6 aromatic carbocycles. The Hall–Kier alpha value is -7.39. The largest absolute Gasteiger partial charge is 0.573 e. The van der Waals surface area contributed by atoms with Crippen molar-refractivity contribution in [3.05, 3.63) is 169 Å². The summed E-state index contributed by atoms with van der Waals surface area (Å²) in [5.74, 6) is 1.55. The summed E-state index contributed by atoms with van der Waals surface area (Å²) in [4.78, 5) is 50.0. The Morgan fingerprint density at radius 1 is 0.563 bits per heavy atom. The summed E-state index contributed by atoms with van der Waals surface area (Å²) >= 11 is 1.75. The molecule has 8 aromatic rings. The number of fused-ring (bicyclic) bond motifs is 6. The van der Waals surface area contributed by atoms with Gasteiger partial charge in [-0.3, -0.25) is 9.59 Å². The van der Waals surface area contributed by atoms with Gasteiger partial charge in [-0.05, 0) is 113 Å². The SMILES string of the molecule is O=C(c1ccccc1-c1ccc(OC(F)(F)F)cc1)N1CC2CC(C1)CN(c1ncc3ccccc3n1)C2.O=C(c1ccccc1-c1cccc(F)c1)N1CC2CC(C1)CN(c1nc3ccccc3s1)C2. The van der Waals surface area contributed by atoms with Crippen LogP contribution in [0.4, 0.5) is 28.6 Å². The molecule has 0 aliphatic carbocycles. The van der Waals surface area contributed by atoms with Crippen molar-refractivity contribution in [2.24, 2.45) is 23.7 Å². The first kappa shape index (κ1) is 46.0. The third-order valence-corrected chi connectivity index (χ3v) is 15.0. The van der Waals surface area contributed by atoms with Crippen molar-refractivity contribution in [3.8, 4) is 28.0 Å². The van der Waals surface area contributed by atoms with Gasteiger partial charge in [-0.1, -0.05) is 102 Å². The summed E-state index contributed by atoms with van der Waals surface area (Å²) in [6, 6.07) is 43.0. The highest BCUT2D eigenvalue weighted by Gasteiger charge is 2.39. The zero-order chi connectivity index (χ0) is 48.6. The van der Waals surface area contributed by atoms with E-state index in [9.17, 15) is 27.2 Å². The molecule has 2 aromatic heterocycles. The molecule has 4 bridgehead atoms. The van der Waals surface area contributed by atoms with Gasteiger partial charge >= 0.3 is 6.36 Å². The monoisotopic (exact) mass is 975 g/mol. The van der Waals surface area contributed by atoms with Gasteiger partial charge in [0.2, 0.25) is 5.95 Å². The lowest BCUT2D eigenvalue weighted by Crippen LogP contribution is -2.54. The quantitative estimate of drug-likeness (QED) is 0.146. The molecule has 4 aliphatic rings. The van der Waals surface area contributed by atoms with E-state index in [4.69, 9.17) is 9.97 Å². The first-order valence-electron chi connectivity index (χ1n) is 23.9. The number of likely N-dealkylation sites (tertiary alicyclic amines) is 2.